The Hall–Kier alpha value is -0.753. The maximum Gasteiger partial charge on any atom is 0.416 e. The molecule has 180 valence electrons. The SMILES string of the molecule is CCN(C(=O)OC(C)(C)C)C1=N[C@@H]2[C@@H](O[Si](C)(C)C(C)(C)C)[C@H](O)[C@@H](C(F)F)O[C@@H]2S1. The van der Waals surface area contributed by atoms with Gasteiger partial charge in [0, 0.05) is 6.54 Å². The predicted molar refractivity (Wildman–Crippen MR) is 120 cm³/mol. The van der Waals surface area contributed by atoms with Gasteiger partial charge in [-0.15, -0.1) is 0 Å². The molecule has 0 aliphatic carbocycles. The van der Waals surface area contributed by atoms with Gasteiger partial charge in [-0.25, -0.2) is 13.6 Å². The van der Waals surface area contributed by atoms with Crippen LogP contribution in [-0.4, -0.2) is 77.9 Å². The summed E-state index contributed by atoms with van der Waals surface area (Å²) in [6, 6.07) is -0.712. The summed E-state index contributed by atoms with van der Waals surface area (Å²) in [4.78, 5) is 18.6. The van der Waals surface area contributed by atoms with Crippen molar-refractivity contribution in [1.82, 2.24) is 4.90 Å². The van der Waals surface area contributed by atoms with Gasteiger partial charge in [-0.1, -0.05) is 32.5 Å². The van der Waals surface area contributed by atoms with E-state index >= 15 is 0 Å². The first-order valence-corrected chi connectivity index (χ1v) is 14.3. The average Bonchev–Trinajstić information content (AvgIpc) is 2.98. The molecule has 11 heteroatoms. The van der Waals surface area contributed by atoms with Gasteiger partial charge < -0.3 is 19.0 Å². The Kier molecular flexibility index (Phi) is 7.90. The van der Waals surface area contributed by atoms with Crippen molar-refractivity contribution in [2.24, 2.45) is 4.99 Å². The highest BCUT2D eigenvalue weighted by Gasteiger charge is 2.55. The third kappa shape index (κ3) is 5.98. The number of carbonyl (C=O) groups is 1. The topological polar surface area (TPSA) is 80.6 Å². The summed E-state index contributed by atoms with van der Waals surface area (Å²) in [6.45, 7) is 17.4. The average molecular weight is 483 g/mol. The van der Waals surface area contributed by atoms with Crippen LogP contribution in [0.3, 0.4) is 0 Å². The zero-order valence-electron chi connectivity index (χ0n) is 19.8. The Balaban J connectivity index is 2.36. The van der Waals surface area contributed by atoms with Crippen molar-refractivity contribution in [2.45, 2.75) is 108 Å². The molecule has 0 aromatic heterocycles. The van der Waals surface area contributed by atoms with Crippen LogP contribution in [0.2, 0.25) is 18.1 Å². The van der Waals surface area contributed by atoms with Crippen molar-refractivity contribution in [2.75, 3.05) is 6.54 Å². The van der Waals surface area contributed by atoms with Gasteiger partial charge in [-0.3, -0.25) is 9.89 Å². The van der Waals surface area contributed by atoms with E-state index in [9.17, 15) is 18.7 Å². The van der Waals surface area contributed by atoms with Gasteiger partial charge >= 0.3 is 6.09 Å². The molecule has 0 unspecified atom stereocenters. The first-order valence-electron chi connectivity index (χ1n) is 10.5. The van der Waals surface area contributed by atoms with Crippen LogP contribution in [0.5, 0.6) is 0 Å². The molecule has 2 aliphatic heterocycles. The van der Waals surface area contributed by atoms with Crippen LogP contribution >= 0.6 is 11.8 Å². The number of aliphatic hydroxyl groups is 1. The van der Waals surface area contributed by atoms with Crippen LogP contribution in [0.1, 0.15) is 48.5 Å². The number of aliphatic imine (C=N–C) groups is 1. The highest BCUT2D eigenvalue weighted by Crippen LogP contribution is 2.44. The van der Waals surface area contributed by atoms with Crippen LogP contribution in [0.4, 0.5) is 13.6 Å². The van der Waals surface area contributed by atoms with E-state index in [4.69, 9.17) is 13.9 Å². The fourth-order valence-electron chi connectivity index (χ4n) is 3.01. The predicted octanol–water partition coefficient (Wildman–Crippen LogP) is 4.46. The zero-order chi connectivity index (χ0) is 23.9. The molecule has 2 heterocycles. The smallest absolute Gasteiger partial charge is 0.416 e. The number of fused-ring (bicyclic) bond motifs is 1. The third-order valence-electron chi connectivity index (χ3n) is 5.71. The molecule has 0 bridgehead atoms. The molecule has 1 amide bonds. The number of hydrogen-bond donors (Lipinski definition) is 1. The van der Waals surface area contributed by atoms with Crippen LogP contribution in [0.15, 0.2) is 4.99 Å². The van der Waals surface area contributed by atoms with E-state index in [-0.39, 0.29) is 11.6 Å². The highest BCUT2D eigenvalue weighted by atomic mass is 32.2. The number of amides is 1. The van der Waals surface area contributed by atoms with Gasteiger partial charge in [0.15, 0.2) is 13.5 Å². The normalized spacial score (nSPS) is 29.6. The lowest BCUT2D eigenvalue weighted by Gasteiger charge is -2.46. The number of rotatable bonds is 4. The lowest BCUT2D eigenvalue weighted by molar-refractivity contribution is -0.189. The number of ether oxygens (including phenoxy) is 2. The second kappa shape index (κ2) is 9.24. The molecular formula is C20H36F2N2O5SSi. The number of alkyl halides is 2. The molecule has 2 rings (SSSR count). The highest BCUT2D eigenvalue weighted by molar-refractivity contribution is 8.14. The molecule has 0 saturated carbocycles. The lowest BCUT2D eigenvalue weighted by atomic mass is 9.98. The summed E-state index contributed by atoms with van der Waals surface area (Å²) in [6.07, 6.45) is -7.63. The largest absolute Gasteiger partial charge is 0.443 e. The summed E-state index contributed by atoms with van der Waals surface area (Å²) in [5, 5.41) is 10.9. The van der Waals surface area contributed by atoms with Crippen molar-refractivity contribution in [3.63, 3.8) is 0 Å². The summed E-state index contributed by atoms with van der Waals surface area (Å²) in [7, 11) is -2.41. The first kappa shape index (κ1) is 26.5. The lowest BCUT2D eigenvalue weighted by Crippen LogP contribution is -2.61. The van der Waals surface area contributed by atoms with E-state index < -0.39 is 56.2 Å². The quantitative estimate of drug-likeness (QED) is 0.596. The van der Waals surface area contributed by atoms with E-state index in [1.54, 1.807) is 27.7 Å². The molecule has 0 aromatic carbocycles. The fraction of sp³-hybridized carbons (Fsp3) is 0.900. The Labute approximate surface area is 189 Å². The summed E-state index contributed by atoms with van der Waals surface area (Å²) >= 11 is 1.09. The number of amidine groups is 1. The van der Waals surface area contributed by atoms with Gasteiger partial charge in [-0.2, -0.15) is 0 Å². The van der Waals surface area contributed by atoms with Crippen molar-refractivity contribution >= 4 is 31.3 Å². The number of hydrogen-bond acceptors (Lipinski definition) is 7. The number of nitrogens with zero attached hydrogens (tertiary/aromatic N) is 2. The van der Waals surface area contributed by atoms with Gasteiger partial charge in [-0.05, 0) is 45.8 Å². The molecule has 1 fully saturated rings. The number of carbonyl (C=O) groups excluding carboxylic acids is 1. The van der Waals surface area contributed by atoms with E-state index in [1.807, 2.05) is 33.9 Å². The Morgan fingerprint density at radius 1 is 1.29 bits per heavy atom. The molecule has 1 saturated heterocycles. The van der Waals surface area contributed by atoms with Gasteiger partial charge in [0.25, 0.3) is 6.43 Å². The fourth-order valence-corrected chi connectivity index (χ4v) is 5.58. The zero-order valence-corrected chi connectivity index (χ0v) is 21.6. The summed E-state index contributed by atoms with van der Waals surface area (Å²) in [5.41, 5.74) is -1.48. The second-order valence-corrected chi connectivity index (χ2v) is 16.2. The van der Waals surface area contributed by atoms with Crippen molar-refractivity contribution < 1.29 is 32.6 Å². The monoisotopic (exact) mass is 482 g/mol. The Morgan fingerprint density at radius 2 is 1.87 bits per heavy atom. The molecule has 1 N–H and O–H groups in total. The first-order chi connectivity index (χ1) is 14.0. The standard InChI is InChI=1S/C20H36F2N2O5SSi/c1-10-24(18(26)28-19(2,3)4)17-23-11-13(29-31(8,9)20(5,6)7)12(25)14(15(21)22)27-16(11)30-17/h11-16,25H,10H2,1-9H3/t11-,12+,13-,14+,16-/m1/s1. The molecule has 7 nitrogen and oxygen atoms in total. The number of halogens is 2. The Morgan fingerprint density at radius 3 is 2.32 bits per heavy atom. The van der Waals surface area contributed by atoms with Gasteiger partial charge in [0.05, 0.1) is 6.10 Å². The number of thioether (sulfide) groups is 1. The molecule has 0 aromatic rings. The van der Waals surface area contributed by atoms with Crippen molar-refractivity contribution in [3.05, 3.63) is 0 Å². The molecule has 0 spiro atoms. The Bertz CT molecular complexity index is 696. The second-order valence-electron chi connectivity index (χ2n) is 10.4. The maximum absolute atomic E-state index is 13.6. The van der Waals surface area contributed by atoms with E-state index in [1.165, 1.54) is 4.90 Å². The van der Waals surface area contributed by atoms with Crippen molar-refractivity contribution in [1.29, 1.82) is 0 Å². The van der Waals surface area contributed by atoms with E-state index in [2.05, 4.69) is 4.99 Å². The van der Waals surface area contributed by atoms with Gasteiger partial charge in [0.1, 0.15) is 29.3 Å². The minimum Gasteiger partial charge on any atom is -0.443 e. The van der Waals surface area contributed by atoms with Crippen LogP contribution in [0, 0.1) is 0 Å². The molecular weight excluding hydrogens is 446 g/mol. The summed E-state index contributed by atoms with van der Waals surface area (Å²) in [5.74, 6) is 0. The van der Waals surface area contributed by atoms with Crippen LogP contribution in [-0.2, 0) is 13.9 Å². The molecule has 31 heavy (non-hydrogen) atoms. The van der Waals surface area contributed by atoms with Crippen LogP contribution in [0.25, 0.3) is 0 Å². The van der Waals surface area contributed by atoms with Crippen LogP contribution < -0.4 is 0 Å². The molecule has 5 atom stereocenters. The minimum atomic E-state index is -2.88. The molecule has 2 aliphatic rings. The van der Waals surface area contributed by atoms with Crippen molar-refractivity contribution in [3.8, 4) is 0 Å². The third-order valence-corrected chi connectivity index (χ3v) is 11.3. The number of aliphatic hydroxyl groups excluding tert-OH is 1. The van der Waals surface area contributed by atoms with E-state index in [0.717, 1.165) is 11.8 Å². The van der Waals surface area contributed by atoms with Gasteiger partial charge in [0.2, 0.25) is 0 Å². The molecule has 0 radical (unpaired) electrons. The maximum atomic E-state index is 13.6. The van der Waals surface area contributed by atoms with E-state index in [0.29, 0.717) is 5.17 Å². The summed E-state index contributed by atoms with van der Waals surface area (Å²) < 4.78 is 44.6. The minimum absolute atomic E-state index is 0.189.